The van der Waals surface area contributed by atoms with Crippen LogP contribution in [-0.4, -0.2) is 16.1 Å². The van der Waals surface area contributed by atoms with Crippen LogP contribution in [0.5, 0.6) is 0 Å². The Morgan fingerprint density at radius 3 is 2.67 bits per heavy atom. The first-order chi connectivity index (χ1) is 7.13. The minimum absolute atomic E-state index is 0.167. The maximum absolute atomic E-state index is 11.7. The van der Waals surface area contributed by atoms with Gasteiger partial charge in [-0.2, -0.15) is 0 Å². The molecule has 2 aromatic rings. The number of nitrogens with one attached hydrogen (secondary N) is 1. The number of aryl methyl sites for hydroxylation is 2. The number of aldehydes is 1. The molecule has 78 valence electrons. The third-order valence-electron chi connectivity index (χ3n) is 2.22. The zero-order valence-electron chi connectivity index (χ0n) is 8.40. The highest BCUT2D eigenvalue weighted by Crippen LogP contribution is 2.20. The van der Waals surface area contributed by atoms with Crippen molar-refractivity contribution >= 4 is 6.29 Å². The summed E-state index contributed by atoms with van der Waals surface area (Å²) in [4.78, 5) is 22.1. The fourth-order valence-corrected chi connectivity index (χ4v) is 1.53. The lowest BCUT2D eigenvalue weighted by atomic mass is 10.2. The van der Waals surface area contributed by atoms with Gasteiger partial charge in [0.2, 0.25) is 0 Å². The number of nitrogens with zero attached hydrogens (tertiary/aromatic N) is 1. The number of carbonyl (C=O) groups excluding carboxylic acids is 1. The second kappa shape index (κ2) is 3.27. The molecule has 0 bridgehead atoms. The van der Waals surface area contributed by atoms with Crippen LogP contribution in [0.4, 0.5) is 0 Å². The van der Waals surface area contributed by atoms with Gasteiger partial charge in [-0.25, -0.2) is 0 Å². The number of H-pyrrole nitrogens is 1. The number of aromatic nitrogens is 2. The van der Waals surface area contributed by atoms with Crippen molar-refractivity contribution in [3.63, 3.8) is 0 Å². The molecule has 0 aromatic carbocycles. The highest BCUT2D eigenvalue weighted by atomic mass is 16.3. The van der Waals surface area contributed by atoms with Gasteiger partial charge in [0.05, 0.1) is 0 Å². The zero-order chi connectivity index (χ0) is 11.0. The fraction of sp³-hybridized carbons (Fsp3) is 0.200. The van der Waals surface area contributed by atoms with Gasteiger partial charge in [0, 0.05) is 12.7 Å². The average molecular weight is 206 g/mol. The fourth-order valence-electron chi connectivity index (χ4n) is 1.53. The van der Waals surface area contributed by atoms with Crippen molar-refractivity contribution in [1.29, 1.82) is 0 Å². The van der Waals surface area contributed by atoms with E-state index in [0.717, 1.165) is 0 Å². The van der Waals surface area contributed by atoms with Crippen LogP contribution >= 0.6 is 0 Å². The summed E-state index contributed by atoms with van der Waals surface area (Å²) in [6.45, 7) is 1.78. The summed E-state index contributed by atoms with van der Waals surface area (Å²) in [5.41, 5.74) is 1.01. The Labute approximate surface area is 85.3 Å². The molecule has 0 saturated carbocycles. The van der Waals surface area contributed by atoms with Gasteiger partial charge in [0.1, 0.15) is 11.3 Å². The smallest absolute Gasteiger partial charge is 0.277 e. The minimum Gasteiger partial charge on any atom is -0.453 e. The molecule has 2 heterocycles. The molecule has 15 heavy (non-hydrogen) atoms. The third kappa shape index (κ3) is 1.41. The van der Waals surface area contributed by atoms with Crippen molar-refractivity contribution in [2.45, 2.75) is 6.92 Å². The van der Waals surface area contributed by atoms with Crippen molar-refractivity contribution in [2.75, 3.05) is 0 Å². The number of carbonyl (C=O) groups is 1. The summed E-state index contributed by atoms with van der Waals surface area (Å²) in [6.07, 6.45) is 0.607. The molecular weight excluding hydrogens is 196 g/mol. The van der Waals surface area contributed by atoms with E-state index >= 15 is 0 Å². The van der Waals surface area contributed by atoms with Crippen LogP contribution in [0.15, 0.2) is 21.3 Å². The molecular formula is C10H10N2O3. The summed E-state index contributed by atoms with van der Waals surface area (Å²) < 4.78 is 6.56. The quantitative estimate of drug-likeness (QED) is 0.748. The van der Waals surface area contributed by atoms with Gasteiger partial charge in [0.15, 0.2) is 12.0 Å². The SMILES string of the molecule is Cc1[nH]n(C)c(=O)c1-c1ccc(C=O)o1. The summed E-state index contributed by atoms with van der Waals surface area (Å²) in [7, 11) is 1.63. The Hall–Kier alpha value is -2.04. The summed E-state index contributed by atoms with van der Waals surface area (Å²) in [5.74, 6) is 0.629. The minimum atomic E-state index is -0.167. The van der Waals surface area contributed by atoms with E-state index in [0.29, 0.717) is 23.3 Å². The molecule has 0 spiro atoms. The highest BCUT2D eigenvalue weighted by Gasteiger charge is 2.14. The van der Waals surface area contributed by atoms with Crippen LogP contribution in [0.1, 0.15) is 16.2 Å². The summed E-state index contributed by atoms with van der Waals surface area (Å²) in [5, 5.41) is 2.86. The first-order valence-corrected chi connectivity index (χ1v) is 4.44. The Morgan fingerprint density at radius 1 is 1.47 bits per heavy atom. The van der Waals surface area contributed by atoms with Crippen LogP contribution < -0.4 is 5.56 Å². The van der Waals surface area contributed by atoms with E-state index in [9.17, 15) is 9.59 Å². The zero-order valence-corrected chi connectivity index (χ0v) is 8.40. The van der Waals surface area contributed by atoms with E-state index < -0.39 is 0 Å². The van der Waals surface area contributed by atoms with E-state index in [1.54, 1.807) is 20.0 Å². The van der Waals surface area contributed by atoms with Gasteiger partial charge in [-0.05, 0) is 19.1 Å². The third-order valence-corrected chi connectivity index (χ3v) is 2.22. The number of hydrogen-bond acceptors (Lipinski definition) is 3. The second-order valence-electron chi connectivity index (χ2n) is 3.30. The van der Waals surface area contributed by atoms with Crippen molar-refractivity contribution < 1.29 is 9.21 Å². The average Bonchev–Trinajstić information content (AvgIpc) is 2.74. The molecule has 0 aliphatic heterocycles. The Morgan fingerprint density at radius 2 is 2.20 bits per heavy atom. The van der Waals surface area contributed by atoms with Crippen molar-refractivity contribution in [3.8, 4) is 11.3 Å². The van der Waals surface area contributed by atoms with Crippen molar-refractivity contribution in [2.24, 2.45) is 7.05 Å². The van der Waals surface area contributed by atoms with E-state index in [2.05, 4.69) is 5.10 Å². The normalized spacial score (nSPS) is 10.5. The monoisotopic (exact) mass is 206 g/mol. The van der Waals surface area contributed by atoms with Crippen LogP contribution in [0.25, 0.3) is 11.3 Å². The summed E-state index contributed by atoms with van der Waals surface area (Å²) >= 11 is 0. The van der Waals surface area contributed by atoms with Gasteiger partial charge >= 0.3 is 0 Å². The van der Waals surface area contributed by atoms with Crippen molar-refractivity contribution in [1.82, 2.24) is 9.78 Å². The first-order valence-electron chi connectivity index (χ1n) is 4.44. The van der Waals surface area contributed by atoms with Gasteiger partial charge < -0.3 is 4.42 Å². The van der Waals surface area contributed by atoms with Crippen LogP contribution in [0, 0.1) is 6.92 Å². The molecule has 0 aliphatic carbocycles. The van der Waals surface area contributed by atoms with Gasteiger partial charge in [-0.15, -0.1) is 0 Å². The van der Waals surface area contributed by atoms with E-state index in [-0.39, 0.29) is 11.3 Å². The van der Waals surface area contributed by atoms with E-state index in [1.165, 1.54) is 10.7 Å². The lowest BCUT2D eigenvalue weighted by molar-refractivity contribution is 0.110. The predicted molar refractivity (Wildman–Crippen MR) is 53.9 cm³/mol. The molecule has 0 atom stereocenters. The van der Waals surface area contributed by atoms with Gasteiger partial charge in [-0.3, -0.25) is 19.4 Å². The molecule has 2 aromatic heterocycles. The number of rotatable bonds is 2. The molecule has 0 amide bonds. The van der Waals surface area contributed by atoms with Gasteiger partial charge in [-0.1, -0.05) is 0 Å². The number of aromatic amines is 1. The van der Waals surface area contributed by atoms with Crippen LogP contribution in [0.2, 0.25) is 0 Å². The van der Waals surface area contributed by atoms with E-state index in [1.807, 2.05) is 0 Å². The Kier molecular flexibility index (Phi) is 2.07. The van der Waals surface area contributed by atoms with Crippen molar-refractivity contribution in [3.05, 3.63) is 33.9 Å². The lowest BCUT2D eigenvalue weighted by Gasteiger charge is -1.90. The van der Waals surface area contributed by atoms with Crippen LogP contribution in [-0.2, 0) is 7.05 Å². The predicted octanol–water partition coefficient (Wildman–Crippen LogP) is 1.09. The highest BCUT2D eigenvalue weighted by molar-refractivity contribution is 5.73. The molecule has 0 aliphatic rings. The van der Waals surface area contributed by atoms with Crippen LogP contribution in [0.3, 0.4) is 0 Å². The second-order valence-corrected chi connectivity index (χ2v) is 3.30. The maximum Gasteiger partial charge on any atom is 0.277 e. The molecule has 0 fully saturated rings. The number of hydrogen-bond donors (Lipinski definition) is 1. The molecule has 0 saturated heterocycles. The lowest BCUT2D eigenvalue weighted by Crippen LogP contribution is -2.12. The number of furan rings is 1. The summed E-state index contributed by atoms with van der Waals surface area (Å²) in [6, 6.07) is 3.15. The molecule has 0 radical (unpaired) electrons. The Bertz CT molecular complexity index is 559. The largest absolute Gasteiger partial charge is 0.453 e. The molecule has 0 unspecified atom stereocenters. The topological polar surface area (TPSA) is 68.0 Å². The first kappa shape index (κ1) is 9.51. The standard InChI is InChI=1S/C10H10N2O3/c1-6-9(10(14)12(2)11-6)8-4-3-7(5-13)15-8/h3-5,11H,1-2H3. The molecule has 5 heteroatoms. The Balaban J connectivity index is 2.63. The molecule has 5 nitrogen and oxygen atoms in total. The molecule has 2 rings (SSSR count). The van der Waals surface area contributed by atoms with Gasteiger partial charge in [0.25, 0.3) is 5.56 Å². The molecule has 1 N–H and O–H groups in total. The van der Waals surface area contributed by atoms with E-state index in [4.69, 9.17) is 4.42 Å². The maximum atomic E-state index is 11.7.